The molecule has 7 nitrogen and oxygen atoms in total. The molecule has 0 aliphatic heterocycles. The molecule has 4 rings (SSSR count). The molecule has 3 aromatic rings. The largest absolute Gasteiger partial charge is 0.481 e. The van der Waals surface area contributed by atoms with Gasteiger partial charge in [-0.3, -0.25) is 9.89 Å². The maximum Gasteiger partial charge on any atom is 0.306 e. The molecule has 0 unspecified atom stereocenters. The minimum absolute atomic E-state index is 0.219. The van der Waals surface area contributed by atoms with Gasteiger partial charge in [-0.15, -0.1) is 0 Å². The van der Waals surface area contributed by atoms with Gasteiger partial charge in [0.05, 0.1) is 5.92 Å². The summed E-state index contributed by atoms with van der Waals surface area (Å²) in [6, 6.07) is 5.90. The van der Waals surface area contributed by atoms with Crippen molar-refractivity contribution < 1.29 is 14.3 Å². The molecule has 0 bridgehead atoms. The summed E-state index contributed by atoms with van der Waals surface area (Å²) >= 11 is 0. The lowest BCUT2D eigenvalue weighted by Gasteiger charge is -2.27. The van der Waals surface area contributed by atoms with Crippen molar-refractivity contribution in [3.63, 3.8) is 0 Å². The van der Waals surface area contributed by atoms with Gasteiger partial charge in [0.2, 0.25) is 0 Å². The predicted molar refractivity (Wildman–Crippen MR) is 86.1 cm³/mol. The third kappa shape index (κ3) is 2.62. The van der Waals surface area contributed by atoms with E-state index in [1.54, 1.807) is 12.4 Å². The van der Waals surface area contributed by atoms with Gasteiger partial charge < -0.3 is 14.1 Å². The Kier molecular flexibility index (Phi) is 3.68. The van der Waals surface area contributed by atoms with Crippen molar-refractivity contribution in [1.29, 1.82) is 0 Å². The average molecular weight is 326 g/mol. The first-order chi connectivity index (χ1) is 11.7. The maximum absolute atomic E-state index is 11.1. The van der Waals surface area contributed by atoms with Gasteiger partial charge in [-0.1, -0.05) is 0 Å². The molecule has 2 N–H and O–H groups in total. The number of carboxylic acids is 1. The van der Waals surface area contributed by atoms with E-state index in [4.69, 9.17) is 9.52 Å². The van der Waals surface area contributed by atoms with Crippen LogP contribution in [0.15, 0.2) is 41.2 Å². The minimum atomic E-state index is -0.686. The van der Waals surface area contributed by atoms with Crippen LogP contribution in [-0.2, 0) is 4.79 Å². The van der Waals surface area contributed by atoms with Crippen molar-refractivity contribution in [2.75, 3.05) is 0 Å². The summed E-state index contributed by atoms with van der Waals surface area (Å²) in [5, 5.41) is 15.9. The van der Waals surface area contributed by atoms with E-state index in [0.717, 1.165) is 24.4 Å². The predicted octanol–water partition coefficient (Wildman–Crippen LogP) is 3.35. The number of carbonyl (C=O) groups is 1. The number of carboxylic acid groups (broad SMARTS) is 1. The summed E-state index contributed by atoms with van der Waals surface area (Å²) in [4.78, 5) is 15.5. The highest BCUT2D eigenvalue weighted by Crippen LogP contribution is 2.35. The zero-order chi connectivity index (χ0) is 16.5. The van der Waals surface area contributed by atoms with Gasteiger partial charge in [-0.25, -0.2) is 4.98 Å². The molecule has 0 atom stereocenters. The van der Waals surface area contributed by atoms with Gasteiger partial charge >= 0.3 is 5.97 Å². The molecule has 0 saturated heterocycles. The van der Waals surface area contributed by atoms with Gasteiger partial charge in [0.25, 0.3) is 0 Å². The van der Waals surface area contributed by atoms with Gasteiger partial charge in [0.15, 0.2) is 17.3 Å². The Morgan fingerprint density at radius 3 is 2.67 bits per heavy atom. The maximum atomic E-state index is 11.1. The van der Waals surface area contributed by atoms with E-state index >= 15 is 0 Å². The van der Waals surface area contributed by atoms with E-state index in [0.29, 0.717) is 24.4 Å². The highest BCUT2D eigenvalue weighted by Gasteiger charge is 2.28. The number of aliphatic carboxylic acids is 1. The van der Waals surface area contributed by atoms with Crippen molar-refractivity contribution in [3.8, 4) is 23.0 Å². The Bertz CT molecular complexity index is 826. The molecule has 1 fully saturated rings. The molecular weight excluding hydrogens is 308 g/mol. The average Bonchev–Trinajstić information content (AvgIpc) is 3.33. The Labute approximate surface area is 138 Å². The Hall–Kier alpha value is -2.83. The number of imidazole rings is 1. The third-order valence-corrected chi connectivity index (χ3v) is 4.70. The van der Waals surface area contributed by atoms with Crippen LogP contribution in [0.25, 0.3) is 23.0 Å². The zero-order valence-corrected chi connectivity index (χ0v) is 13.1. The number of nitrogens with one attached hydrogen (secondary N) is 1. The molecule has 7 heteroatoms. The molecular formula is C17H18N4O3. The topological polar surface area (TPSA) is 96.9 Å². The highest BCUT2D eigenvalue weighted by molar-refractivity contribution is 5.70. The van der Waals surface area contributed by atoms with Crippen LogP contribution in [-0.4, -0.2) is 30.8 Å². The van der Waals surface area contributed by atoms with Crippen molar-refractivity contribution in [3.05, 3.63) is 36.8 Å². The number of H-pyrrole nitrogens is 1. The normalized spacial score (nSPS) is 21.0. The fourth-order valence-corrected chi connectivity index (χ4v) is 3.40. The second-order valence-corrected chi connectivity index (χ2v) is 6.14. The molecule has 3 aromatic heterocycles. The lowest BCUT2D eigenvalue weighted by Crippen LogP contribution is -2.23. The summed E-state index contributed by atoms with van der Waals surface area (Å²) in [6.07, 6.45) is 8.48. The van der Waals surface area contributed by atoms with Crippen molar-refractivity contribution >= 4 is 5.97 Å². The van der Waals surface area contributed by atoms with Crippen molar-refractivity contribution in [1.82, 2.24) is 19.7 Å². The molecule has 1 saturated carbocycles. The van der Waals surface area contributed by atoms with Crippen LogP contribution in [0.2, 0.25) is 0 Å². The number of aromatic amines is 1. The molecule has 3 heterocycles. The molecule has 0 spiro atoms. The summed E-state index contributed by atoms with van der Waals surface area (Å²) in [5.41, 5.74) is 0.821. The molecule has 1 aliphatic rings. The number of nitrogens with zero attached hydrogens (tertiary/aromatic N) is 3. The molecule has 24 heavy (non-hydrogen) atoms. The van der Waals surface area contributed by atoms with Crippen LogP contribution in [0, 0.1) is 5.92 Å². The number of hydrogen-bond donors (Lipinski definition) is 2. The van der Waals surface area contributed by atoms with E-state index in [9.17, 15) is 4.79 Å². The minimum Gasteiger partial charge on any atom is -0.481 e. The van der Waals surface area contributed by atoms with Crippen molar-refractivity contribution in [2.45, 2.75) is 31.7 Å². The second kappa shape index (κ2) is 5.99. The van der Waals surface area contributed by atoms with E-state index < -0.39 is 5.97 Å². The standard InChI is InChI=1S/C17H18N4O3/c22-17(23)11-1-3-12(4-2-11)21-10-9-18-16(21)15-6-5-14(24-15)13-7-8-19-20-13/h5-12H,1-4H2,(H,19,20)(H,22,23). The molecule has 0 amide bonds. The summed E-state index contributed by atoms with van der Waals surface area (Å²) in [5.74, 6) is 1.29. The Morgan fingerprint density at radius 1 is 1.17 bits per heavy atom. The Balaban J connectivity index is 1.56. The van der Waals surface area contributed by atoms with E-state index in [1.165, 1.54) is 0 Å². The van der Waals surface area contributed by atoms with Gasteiger partial charge in [-0.2, -0.15) is 5.10 Å². The monoisotopic (exact) mass is 326 g/mol. The lowest BCUT2D eigenvalue weighted by atomic mass is 9.86. The summed E-state index contributed by atoms with van der Waals surface area (Å²) in [6.45, 7) is 0. The second-order valence-electron chi connectivity index (χ2n) is 6.14. The van der Waals surface area contributed by atoms with Crippen LogP contribution in [0.4, 0.5) is 0 Å². The zero-order valence-electron chi connectivity index (χ0n) is 13.1. The van der Waals surface area contributed by atoms with Gasteiger partial charge in [0.1, 0.15) is 5.69 Å². The first-order valence-electron chi connectivity index (χ1n) is 8.08. The fraction of sp³-hybridized carbons (Fsp3) is 0.353. The van der Waals surface area contributed by atoms with Crippen LogP contribution in [0.5, 0.6) is 0 Å². The first-order valence-corrected chi connectivity index (χ1v) is 8.08. The molecule has 1 aliphatic carbocycles. The molecule has 124 valence electrons. The fourth-order valence-electron chi connectivity index (χ4n) is 3.40. The van der Waals surface area contributed by atoms with Crippen LogP contribution < -0.4 is 0 Å². The number of furan rings is 1. The first kappa shape index (κ1) is 14.7. The molecule has 0 aromatic carbocycles. The number of rotatable bonds is 4. The van der Waals surface area contributed by atoms with E-state index in [2.05, 4.69) is 19.7 Å². The lowest BCUT2D eigenvalue weighted by molar-refractivity contribution is -0.143. The SMILES string of the molecule is O=C(O)C1CCC(n2ccnc2-c2ccc(-c3ccn[nH]3)o2)CC1. The quantitative estimate of drug-likeness (QED) is 0.766. The van der Waals surface area contributed by atoms with Gasteiger partial charge in [-0.05, 0) is 43.9 Å². The Morgan fingerprint density at radius 2 is 1.96 bits per heavy atom. The summed E-state index contributed by atoms with van der Waals surface area (Å²) in [7, 11) is 0. The number of aromatic nitrogens is 4. The number of hydrogen-bond acceptors (Lipinski definition) is 4. The van der Waals surface area contributed by atoms with Crippen LogP contribution in [0.1, 0.15) is 31.7 Å². The summed E-state index contributed by atoms with van der Waals surface area (Å²) < 4.78 is 8.02. The molecule has 0 radical (unpaired) electrons. The third-order valence-electron chi connectivity index (χ3n) is 4.70. The van der Waals surface area contributed by atoms with E-state index in [-0.39, 0.29) is 12.0 Å². The van der Waals surface area contributed by atoms with E-state index in [1.807, 2.05) is 24.4 Å². The van der Waals surface area contributed by atoms with Crippen molar-refractivity contribution in [2.24, 2.45) is 5.92 Å². The smallest absolute Gasteiger partial charge is 0.306 e. The highest BCUT2D eigenvalue weighted by atomic mass is 16.4. The van der Waals surface area contributed by atoms with Crippen LogP contribution in [0.3, 0.4) is 0 Å². The van der Waals surface area contributed by atoms with Gasteiger partial charge in [0, 0.05) is 24.6 Å². The van der Waals surface area contributed by atoms with Crippen LogP contribution >= 0.6 is 0 Å².